The standard InChI is InChI=1S/C19H17N5OS/c1-24-18(14-7-3-2-4-8-14)22-23-19(24)26-12-11-17(25)21-16-10-6-5-9-15(16)13-20/h2-10H,11-12H2,1H3,(H,21,25). The minimum absolute atomic E-state index is 0.134. The third-order valence-electron chi connectivity index (χ3n) is 3.75. The Bertz CT molecular complexity index is 946. The maximum atomic E-state index is 12.1. The van der Waals surface area contributed by atoms with Gasteiger partial charge in [-0.2, -0.15) is 5.26 Å². The second-order valence-electron chi connectivity index (χ2n) is 5.54. The Morgan fingerprint density at radius 2 is 1.88 bits per heavy atom. The van der Waals surface area contributed by atoms with Crippen molar-refractivity contribution in [3.63, 3.8) is 0 Å². The normalized spacial score (nSPS) is 10.3. The monoisotopic (exact) mass is 363 g/mol. The lowest BCUT2D eigenvalue weighted by molar-refractivity contribution is -0.115. The van der Waals surface area contributed by atoms with Crippen molar-refractivity contribution in [3.8, 4) is 17.5 Å². The molecule has 0 aliphatic rings. The number of anilines is 1. The van der Waals surface area contributed by atoms with E-state index in [4.69, 9.17) is 5.26 Å². The van der Waals surface area contributed by atoms with Gasteiger partial charge in [-0.05, 0) is 12.1 Å². The number of aromatic nitrogens is 3. The lowest BCUT2D eigenvalue weighted by Crippen LogP contribution is -2.13. The fourth-order valence-electron chi connectivity index (χ4n) is 2.42. The van der Waals surface area contributed by atoms with Gasteiger partial charge < -0.3 is 9.88 Å². The fraction of sp³-hybridized carbons (Fsp3) is 0.158. The van der Waals surface area contributed by atoms with Crippen molar-refractivity contribution in [1.82, 2.24) is 14.8 Å². The summed E-state index contributed by atoms with van der Waals surface area (Å²) in [7, 11) is 1.91. The summed E-state index contributed by atoms with van der Waals surface area (Å²) in [6.07, 6.45) is 0.317. The molecule has 0 fully saturated rings. The van der Waals surface area contributed by atoms with Gasteiger partial charge in [0.15, 0.2) is 11.0 Å². The molecule has 6 nitrogen and oxygen atoms in total. The van der Waals surface area contributed by atoms with Crippen LogP contribution in [0.4, 0.5) is 5.69 Å². The molecule has 0 radical (unpaired) electrons. The van der Waals surface area contributed by atoms with Gasteiger partial charge in [0.25, 0.3) is 0 Å². The van der Waals surface area contributed by atoms with Gasteiger partial charge in [0.2, 0.25) is 5.91 Å². The first-order valence-electron chi connectivity index (χ1n) is 8.05. The van der Waals surface area contributed by atoms with Crippen LogP contribution in [0.15, 0.2) is 59.8 Å². The summed E-state index contributed by atoms with van der Waals surface area (Å²) in [6, 6.07) is 18.9. The Labute approximate surface area is 155 Å². The summed E-state index contributed by atoms with van der Waals surface area (Å²) in [5.41, 5.74) is 1.99. The zero-order valence-electron chi connectivity index (χ0n) is 14.2. The highest BCUT2D eigenvalue weighted by molar-refractivity contribution is 7.99. The molecule has 26 heavy (non-hydrogen) atoms. The first-order chi connectivity index (χ1) is 12.7. The zero-order chi connectivity index (χ0) is 18.4. The molecule has 0 saturated carbocycles. The lowest BCUT2D eigenvalue weighted by atomic mass is 10.2. The molecule has 0 saturated heterocycles. The molecule has 2 aromatic carbocycles. The van der Waals surface area contributed by atoms with Gasteiger partial charge in [-0.3, -0.25) is 4.79 Å². The summed E-state index contributed by atoms with van der Waals surface area (Å²) < 4.78 is 1.92. The van der Waals surface area contributed by atoms with E-state index in [1.54, 1.807) is 24.3 Å². The van der Waals surface area contributed by atoms with Crippen molar-refractivity contribution in [2.24, 2.45) is 7.05 Å². The van der Waals surface area contributed by atoms with E-state index < -0.39 is 0 Å². The van der Waals surface area contributed by atoms with Gasteiger partial charge in [-0.1, -0.05) is 54.2 Å². The number of amides is 1. The van der Waals surface area contributed by atoms with E-state index in [-0.39, 0.29) is 5.91 Å². The molecule has 130 valence electrons. The second kappa shape index (κ2) is 8.32. The van der Waals surface area contributed by atoms with Gasteiger partial charge in [0, 0.05) is 24.8 Å². The van der Waals surface area contributed by atoms with Gasteiger partial charge in [-0.15, -0.1) is 10.2 Å². The van der Waals surface area contributed by atoms with Crippen molar-refractivity contribution in [2.45, 2.75) is 11.6 Å². The van der Waals surface area contributed by atoms with Crippen LogP contribution >= 0.6 is 11.8 Å². The number of carbonyl (C=O) groups is 1. The van der Waals surface area contributed by atoms with Gasteiger partial charge in [-0.25, -0.2) is 0 Å². The van der Waals surface area contributed by atoms with Crippen LogP contribution in [0.25, 0.3) is 11.4 Å². The maximum Gasteiger partial charge on any atom is 0.225 e. The molecule has 0 aliphatic heterocycles. The Hall–Kier alpha value is -3.11. The highest BCUT2D eigenvalue weighted by Gasteiger charge is 2.12. The number of rotatable bonds is 6. The fourth-order valence-corrected chi connectivity index (χ4v) is 3.27. The molecule has 1 amide bonds. The molecule has 7 heteroatoms. The van der Waals surface area contributed by atoms with E-state index in [2.05, 4.69) is 21.6 Å². The average Bonchev–Trinajstić information content (AvgIpc) is 3.03. The number of benzene rings is 2. The molecule has 0 atom stereocenters. The first kappa shape index (κ1) is 17.7. The van der Waals surface area contributed by atoms with Gasteiger partial charge in [0.05, 0.1) is 11.3 Å². The molecule has 3 rings (SSSR count). The van der Waals surface area contributed by atoms with Crippen LogP contribution in [0.2, 0.25) is 0 Å². The SMILES string of the molecule is Cn1c(SCCC(=O)Nc2ccccc2C#N)nnc1-c1ccccc1. The minimum atomic E-state index is -0.134. The largest absolute Gasteiger partial charge is 0.325 e. The van der Waals surface area contributed by atoms with Gasteiger partial charge >= 0.3 is 0 Å². The highest BCUT2D eigenvalue weighted by atomic mass is 32.2. The average molecular weight is 363 g/mol. The highest BCUT2D eigenvalue weighted by Crippen LogP contribution is 2.23. The smallest absolute Gasteiger partial charge is 0.225 e. The first-order valence-corrected chi connectivity index (χ1v) is 9.04. The quantitative estimate of drug-likeness (QED) is 0.678. The van der Waals surface area contributed by atoms with Crippen LogP contribution in [-0.4, -0.2) is 26.4 Å². The molecule has 0 aliphatic carbocycles. The lowest BCUT2D eigenvalue weighted by Gasteiger charge is -2.07. The zero-order valence-corrected chi connectivity index (χ0v) is 15.0. The van der Waals surface area contributed by atoms with E-state index in [0.29, 0.717) is 23.4 Å². The van der Waals surface area contributed by atoms with E-state index >= 15 is 0 Å². The molecule has 1 N–H and O–H groups in total. The van der Waals surface area contributed by atoms with Crippen LogP contribution in [0, 0.1) is 11.3 Å². The predicted molar refractivity (Wildman–Crippen MR) is 102 cm³/mol. The van der Waals surface area contributed by atoms with Crippen molar-refractivity contribution < 1.29 is 4.79 Å². The van der Waals surface area contributed by atoms with Crippen molar-refractivity contribution in [3.05, 3.63) is 60.2 Å². The molecular formula is C19H17N5OS. The number of hydrogen-bond donors (Lipinski definition) is 1. The molecule has 0 unspecified atom stereocenters. The Morgan fingerprint density at radius 3 is 2.65 bits per heavy atom. The summed E-state index contributed by atoms with van der Waals surface area (Å²) in [5, 5.41) is 21.0. The molecular weight excluding hydrogens is 346 g/mol. The molecule has 3 aromatic rings. The summed E-state index contributed by atoms with van der Waals surface area (Å²) >= 11 is 1.47. The minimum Gasteiger partial charge on any atom is -0.325 e. The van der Waals surface area contributed by atoms with Crippen molar-refractivity contribution in [1.29, 1.82) is 5.26 Å². The third-order valence-corrected chi connectivity index (χ3v) is 4.77. The summed E-state index contributed by atoms with van der Waals surface area (Å²) in [6.45, 7) is 0. The van der Waals surface area contributed by atoms with Crippen LogP contribution in [0.3, 0.4) is 0 Å². The molecule has 1 aromatic heterocycles. The Morgan fingerprint density at radius 1 is 1.15 bits per heavy atom. The van der Waals surface area contributed by atoms with E-state index in [1.807, 2.05) is 41.9 Å². The number of nitriles is 1. The van der Waals surface area contributed by atoms with Crippen molar-refractivity contribution in [2.75, 3.05) is 11.1 Å². The number of carbonyl (C=O) groups excluding carboxylic acids is 1. The van der Waals surface area contributed by atoms with E-state index in [0.717, 1.165) is 16.5 Å². The third kappa shape index (κ3) is 4.10. The van der Waals surface area contributed by atoms with E-state index in [1.165, 1.54) is 11.8 Å². The van der Waals surface area contributed by atoms with Crippen LogP contribution < -0.4 is 5.32 Å². The maximum absolute atomic E-state index is 12.1. The Kier molecular flexibility index (Phi) is 5.66. The molecule has 0 spiro atoms. The number of para-hydroxylation sites is 1. The molecule has 0 bridgehead atoms. The van der Waals surface area contributed by atoms with Crippen LogP contribution in [0.5, 0.6) is 0 Å². The Balaban J connectivity index is 1.56. The predicted octanol–water partition coefficient (Wildman–Crippen LogP) is 3.47. The van der Waals surface area contributed by atoms with Crippen LogP contribution in [0.1, 0.15) is 12.0 Å². The van der Waals surface area contributed by atoms with Crippen molar-refractivity contribution >= 4 is 23.4 Å². The second-order valence-corrected chi connectivity index (χ2v) is 6.60. The number of hydrogen-bond acceptors (Lipinski definition) is 5. The number of nitrogens with zero attached hydrogens (tertiary/aromatic N) is 4. The van der Waals surface area contributed by atoms with Gasteiger partial charge in [0.1, 0.15) is 6.07 Å². The number of nitrogens with one attached hydrogen (secondary N) is 1. The topological polar surface area (TPSA) is 83.6 Å². The summed E-state index contributed by atoms with van der Waals surface area (Å²) in [4.78, 5) is 12.1. The van der Waals surface area contributed by atoms with Crippen LogP contribution in [-0.2, 0) is 11.8 Å². The van der Waals surface area contributed by atoms with E-state index in [9.17, 15) is 4.79 Å². The molecule has 1 heterocycles. The summed E-state index contributed by atoms with van der Waals surface area (Å²) in [5.74, 6) is 1.23. The number of thioether (sulfide) groups is 1.